The van der Waals surface area contributed by atoms with Crippen LogP contribution < -0.4 is 0 Å². The Morgan fingerprint density at radius 2 is 1.89 bits per heavy atom. The van der Waals surface area contributed by atoms with Gasteiger partial charge in [-0.1, -0.05) is 19.6 Å². The van der Waals surface area contributed by atoms with Crippen LogP contribution in [0.15, 0.2) is 12.4 Å². The van der Waals surface area contributed by atoms with E-state index in [9.17, 15) is 9.50 Å². The van der Waals surface area contributed by atoms with E-state index in [1.807, 2.05) is 0 Å². The minimum absolute atomic E-state index is 0.0264. The zero-order valence-electron chi connectivity index (χ0n) is 11.6. The molecule has 0 fully saturated rings. The van der Waals surface area contributed by atoms with Crippen molar-refractivity contribution >= 4 is 8.07 Å². The molecule has 0 saturated heterocycles. The van der Waals surface area contributed by atoms with Crippen LogP contribution in [-0.2, 0) is 9.47 Å². The van der Waals surface area contributed by atoms with Crippen LogP contribution in [0.3, 0.4) is 0 Å². The standard InChI is InChI=1S/C12H21FN2O3Si/c1-19(2,3)5-4-17-9-18-8-11(16)12-14-6-10(13)7-15-12/h6-7,11,16H,4-5,8-9H2,1-3H3. The number of aromatic nitrogens is 2. The fourth-order valence-corrected chi connectivity index (χ4v) is 1.98. The van der Waals surface area contributed by atoms with Crippen LogP contribution in [0.1, 0.15) is 11.9 Å². The molecule has 1 heterocycles. The molecular weight excluding hydrogens is 267 g/mol. The van der Waals surface area contributed by atoms with Gasteiger partial charge in [-0.15, -0.1) is 0 Å². The molecule has 1 N–H and O–H groups in total. The number of nitrogens with zero attached hydrogens (tertiary/aromatic N) is 2. The van der Waals surface area contributed by atoms with Gasteiger partial charge in [0.2, 0.25) is 0 Å². The summed E-state index contributed by atoms with van der Waals surface area (Å²) < 4.78 is 23.1. The Hall–Kier alpha value is -0.893. The average Bonchev–Trinajstić information content (AvgIpc) is 2.33. The molecule has 1 unspecified atom stereocenters. The maximum Gasteiger partial charge on any atom is 0.159 e. The number of ether oxygens (including phenoxy) is 2. The van der Waals surface area contributed by atoms with E-state index in [1.165, 1.54) is 0 Å². The monoisotopic (exact) mass is 288 g/mol. The highest BCUT2D eigenvalue weighted by Gasteiger charge is 2.13. The van der Waals surface area contributed by atoms with Crippen molar-refractivity contribution in [1.82, 2.24) is 9.97 Å². The molecule has 108 valence electrons. The minimum atomic E-state index is -1.08. The van der Waals surface area contributed by atoms with Gasteiger partial charge in [0.15, 0.2) is 11.6 Å². The molecule has 0 aliphatic heterocycles. The Bertz CT molecular complexity index is 370. The van der Waals surface area contributed by atoms with E-state index < -0.39 is 20.0 Å². The largest absolute Gasteiger partial charge is 0.383 e. The second kappa shape index (κ2) is 7.64. The molecule has 0 spiro atoms. The zero-order chi connectivity index (χ0) is 14.3. The van der Waals surface area contributed by atoms with E-state index in [0.717, 1.165) is 18.4 Å². The van der Waals surface area contributed by atoms with Crippen LogP contribution in [0, 0.1) is 5.82 Å². The second-order valence-corrected chi connectivity index (χ2v) is 11.1. The molecule has 0 saturated carbocycles. The van der Waals surface area contributed by atoms with Crippen molar-refractivity contribution in [3.63, 3.8) is 0 Å². The number of hydrogen-bond donors (Lipinski definition) is 1. The fraction of sp³-hybridized carbons (Fsp3) is 0.667. The normalized spacial score (nSPS) is 13.5. The summed E-state index contributed by atoms with van der Waals surface area (Å²) in [6.45, 7) is 7.63. The van der Waals surface area contributed by atoms with Crippen molar-refractivity contribution in [1.29, 1.82) is 0 Å². The first-order valence-electron chi connectivity index (χ1n) is 6.19. The van der Waals surface area contributed by atoms with Crippen LogP contribution in [0.5, 0.6) is 0 Å². The highest BCUT2D eigenvalue weighted by Crippen LogP contribution is 2.09. The maximum absolute atomic E-state index is 12.6. The number of hydrogen-bond acceptors (Lipinski definition) is 5. The summed E-state index contributed by atoms with van der Waals surface area (Å²) in [5, 5.41) is 9.68. The summed E-state index contributed by atoms with van der Waals surface area (Å²) in [5.74, 6) is -0.393. The van der Waals surface area contributed by atoms with Gasteiger partial charge in [0, 0.05) is 14.7 Å². The SMILES string of the molecule is C[Si](C)(C)CCOCOCC(O)c1ncc(F)cn1. The minimum Gasteiger partial charge on any atom is -0.383 e. The Kier molecular flexibility index (Phi) is 6.50. The molecule has 0 radical (unpaired) electrons. The van der Waals surface area contributed by atoms with Crippen molar-refractivity contribution < 1.29 is 19.0 Å². The smallest absolute Gasteiger partial charge is 0.159 e. The predicted octanol–water partition coefficient (Wildman–Crippen LogP) is 1.98. The van der Waals surface area contributed by atoms with Crippen LogP contribution in [-0.4, -0.2) is 43.2 Å². The van der Waals surface area contributed by atoms with Gasteiger partial charge in [-0.05, 0) is 6.04 Å². The quantitative estimate of drug-likeness (QED) is 0.450. The van der Waals surface area contributed by atoms with E-state index in [1.54, 1.807) is 0 Å². The van der Waals surface area contributed by atoms with Crippen LogP contribution in [0.25, 0.3) is 0 Å². The third kappa shape index (κ3) is 7.31. The summed E-state index contributed by atoms with van der Waals surface area (Å²) in [5.41, 5.74) is 0. The van der Waals surface area contributed by atoms with Gasteiger partial charge < -0.3 is 14.6 Å². The Labute approximate surface area is 113 Å². The first-order valence-corrected chi connectivity index (χ1v) is 9.90. The van der Waals surface area contributed by atoms with Crippen LogP contribution in [0.4, 0.5) is 4.39 Å². The van der Waals surface area contributed by atoms with Crippen molar-refractivity contribution in [3.05, 3.63) is 24.0 Å². The van der Waals surface area contributed by atoms with E-state index in [2.05, 4.69) is 29.6 Å². The summed E-state index contributed by atoms with van der Waals surface area (Å²) in [4.78, 5) is 7.35. The summed E-state index contributed by atoms with van der Waals surface area (Å²) >= 11 is 0. The topological polar surface area (TPSA) is 64.5 Å². The van der Waals surface area contributed by atoms with Crippen LogP contribution in [0.2, 0.25) is 25.7 Å². The first kappa shape index (κ1) is 16.2. The van der Waals surface area contributed by atoms with Gasteiger partial charge in [0.05, 0.1) is 19.0 Å². The second-order valence-electron chi connectivity index (χ2n) is 5.48. The highest BCUT2D eigenvalue weighted by atomic mass is 28.3. The number of rotatable bonds is 8. The third-order valence-electron chi connectivity index (χ3n) is 2.38. The Balaban J connectivity index is 2.14. The first-order chi connectivity index (χ1) is 8.88. The molecule has 1 aromatic rings. The van der Waals surface area contributed by atoms with Gasteiger partial charge in [-0.25, -0.2) is 14.4 Å². The average molecular weight is 288 g/mol. The summed E-state index contributed by atoms with van der Waals surface area (Å²) in [6, 6.07) is 1.07. The number of aliphatic hydroxyl groups excluding tert-OH is 1. The van der Waals surface area contributed by atoms with E-state index in [4.69, 9.17) is 9.47 Å². The maximum atomic E-state index is 12.6. The van der Waals surface area contributed by atoms with Gasteiger partial charge in [-0.3, -0.25) is 0 Å². The van der Waals surface area contributed by atoms with E-state index in [-0.39, 0.29) is 19.2 Å². The lowest BCUT2D eigenvalue weighted by atomic mass is 10.3. The molecule has 0 aromatic carbocycles. The molecule has 7 heteroatoms. The lowest BCUT2D eigenvalue weighted by Crippen LogP contribution is -2.22. The Morgan fingerprint density at radius 3 is 2.47 bits per heavy atom. The molecule has 0 aliphatic rings. The van der Waals surface area contributed by atoms with Crippen molar-refractivity contribution in [2.24, 2.45) is 0 Å². The molecule has 1 rings (SSSR count). The summed E-state index contributed by atoms with van der Waals surface area (Å²) in [7, 11) is -1.08. The molecule has 0 bridgehead atoms. The van der Waals surface area contributed by atoms with Gasteiger partial charge in [-0.2, -0.15) is 0 Å². The number of halogens is 1. The van der Waals surface area contributed by atoms with Crippen molar-refractivity contribution in [2.45, 2.75) is 31.8 Å². The van der Waals surface area contributed by atoms with Gasteiger partial charge >= 0.3 is 0 Å². The van der Waals surface area contributed by atoms with Crippen LogP contribution >= 0.6 is 0 Å². The zero-order valence-corrected chi connectivity index (χ0v) is 12.6. The Morgan fingerprint density at radius 1 is 1.26 bits per heavy atom. The van der Waals surface area contributed by atoms with Gasteiger partial charge in [0.1, 0.15) is 12.9 Å². The lowest BCUT2D eigenvalue weighted by molar-refractivity contribution is -0.0775. The molecule has 1 atom stereocenters. The lowest BCUT2D eigenvalue weighted by Gasteiger charge is -2.15. The predicted molar refractivity (Wildman–Crippen MR) is 71.9 cm³/mol. The van der Waals surface area contributed by atoms with Crippen molar-refractivity contribution in [3.8, 4) is 0 Å². The molecule has 0 aliphatic carbocycles. The molecule has 1 aromatic heterocycles. The van der Waals surface area contributed by atoms with E-state index in [0.29, 0.717) is 6.61 Å². The third-order valence-corrected chi connectivity index (χ3v) is 4.08. The molecule has 5 nitrogen and oxygen atoms in total. The highest BCUT2D eigenvalue weighted by molar-refractivity contribution is 6.76. The molecule has 19 heavy (non-hydrogen) atoms. The summed E-state index contributed by atoms with van der Waals surface area (Å²) in [6.07, 6.45) is 1.05. The molecular formula is C12H21FN2O3Si. The van der Waals surface area contributed by atoms with E-state index >= 15 is 0 Å². The number of aliphatic hydroxyl groups is 1. The van der Waals surface area contributed by atoms with Crippen molar-refractivity contribution in [2.75, 3.05) is 20.0 Å². The van der Waals surface area contributed by atoms with Gasteiger partial charge in [0.25, 0.3) is 0 Å². The fourth-order valence-electron chi connectivity index (χ4n) is 1.22. The molecule has 0 amide bonds.